The van der Waals surface area contributed by atoms with Crippen LogP contribution >= 0.6 is 0 Å². The Morgan fingerprint density at radius 2 is 1.71 bits per heavy atom. The molecule has 0 unspecified atom stereocenters. The number of amides is 2. The molecule has 2 amide bonds. The Bertz CT molecular complexity index is 447. The van der Waals surface area contributed by atoms with Gasteiger partial charge in [-0.05, 0) is 5.56 Å². The first-order valence-corrected chi connectivity index (χ1v) is 6.66. The summed E-state index contributed by atoms with van der Waals surface area (Å²) in [4.78, 5) is 25.0. The maximum absolute atomic E-state index is 12.0. The van der Waals surface area contributed by atoms with Gasteiger partial charge in [0.2, 0.25) is 11.8 Å². The quantitative estimate of drug-likeness (QED) is 0.448. The number of hydrogen-bond acceptors (Lipinski definition) is 5. The van der Waals surface area contributed by atoms with Crippen LogP contribution in [0.5, 0.6) is 0 Å². The van der Waals surface area contributed by atoms with Crippen molar-refractivity contribution in [1.29, 1.82) is 0 Å². The zero-order chi connectivity index (χ0) is 15.7. The molecular formula is C14H21N3O4. The SMILES string of the molecule is NC(=O)[C@@H](NC(=O)CN(CCO)CCO)c1ccccc1. The van der Waals surface area contributed by atoms with Crippen molar-refractivity contribution in [3.8, 4) is 0 Å². The molecule has 0 bridgehead atoms. The number of carbonyl (C=O) groups excluding carboxylic acids is 2. The van der Waals surface area contributed by atoms with Crippen molar-refractivity contribution < 1.29 is 19.8 Å². The van der Waals surface area contributed by atoms with E-state index < -0.39 is 17.9 Å². The number of carbonyl (C=O) groups is 2. The van der Waals surface area contributed by atoms with Crippen LogP contribution in [0.2, 0.25) is 0 Å². The highest BCUT2D eigenvalue weighted by molar-refractivity contribution is 5.88. The van der Waals surface area contributed by atoms with Crippen molar-refractivity contribution in [2.45, 2.75) is 6.04 Å². The van der Waals surface area contributed by atoms with Gasteiger partial charge in [-0.2, -0.15) is 0 Å². The molecule has 1 aromatic carbocycles. The van der Waals surface area contributed by atoms with E-state index in [9.17, 15) is 9.59 Å². The van der Waals surface area contributed by atoms with Crippen LogP contribution in [0.1, 0.15) is 11.6 Å². The van der Waals surface area contributed by atoms with Gasteiger partial charge in [-0.15, -0.1) is 0 Å². The Labute approximate surface area is 123 Å². The number of benzene rings is 1. The third-order valence-corrected chi connectivity index (χ3v) is 2.92. The molecule has 1 aromatic rings. The minimum atomic E-state index is -0.899. The molecule has 0 aliphatic heterocycles. The first-order chi connectivity index (χ1) is 10.1. The predicted octanol–water partition coefficient (Wildman–Crippen LogP) is -1.38. The molecule has 1 rings (SSSR count). The van der Waals surface area contributed by atoms with E-state index in [1.807, 2.05) is 0 Å². The summed E-state index contributed by atoms with van der Waals surface area (Å²) in [6, 6.07) is 7.81. The van der Waals surface area contributed by atoms with E-state index >= 15 is 0 Å². The number of nitrogens with zero attached hydrogens (tertiary/aromatic N) is 1. The first kappa shape index (κ1) is 17.1. The smallest absolute Gasteiger partial charge is 0.244 e. The van der Waals surface area contributed by atoms with Gasteiger partial charge in [-0.1, -0.05) is 30.3 Å². The lowest BCUT2D eigenvalue weighted by Gasteiger charge is -2.21. The molecule has 0 radical (unpaired) electrons. The first-order valence-electron chi connectivity index (χ1n) is 6.66. The third-order valence-electron chi connectivity index (χ3n) is 2.92. The van der Waals surface area contributed by atoms with Crippen LogP contribution in [-0.4, -0.2) is 59.8 Å². The number of aliphatic hydroxyl groups excluding tert-OH is 2. The van der Waals surface area contributed by atoms with E-state index in [2.05, 4.69) is 5.32 Å². The zero-order valence-corrected chi connectivity index (χ0v) is 11.7. The van der Waals surface area contributed by atoms with Crippen LogP contribution in [0.25, 0.3) is 0 Å². The number of primary amides is 1. The lowest BCUT2D eigenvalue weighted by molar-refractivity contribution is -0.128. The molecule has 7 nitrogen and oxygen atoms in total. The Balaban J connectivity index is 2.67. The largest absolute Gasteiger partial charge is 0.395 e. The Kier molecular flexibility index (Phi) is 7.38. The van der Waals surface area contributed by atoms with Gasteiger partial charge in [0.1, 0.15) is 6.04 Å². The maximum Gasteiger partial charge on any atom is 0.244 e. The molecule has 5 N–H and O–H groups in total. The summed E-state index contributed by atoms with van der Waals surface area (Å²) in [5, 5.41) is 20.4. The lowest BCUT2D eigenvalue weighted by atomic mass is 10.1. The lowest BCUT2D eigenvalue weighted by Crippen LogP contribution is -2.44. The fourth-order valence-corrected chi connectivity index (χ4v) is 1.93. The Morgan fingerprint density at radius 3 is 2.19 bits per heavy atom. The molecule has 0 aliphatic carbocycles. The number of nitrogens with two attached hydrogens (primary N) is 1. The fourth-order valence-electron chi connectivity index (χ4n) is 1.93. The average molecular weight is 295 g/mol. The predicted molar refractivity (Wildman–Crippen MR) is 77.1 cm³/mol. The summed E-state index contributed by atoms with van der Waals surface area (Å²) in [6.07, 6.45) is 0. The molecule has 0 fully saturated rings. The Morgan fingerprint density at radius 1 is 1.14 bits per heavy atom. The molecule has 0 aliphatic rings. The minimum absolute atomic E-state index is 0.0300. The summed E-state index contributed by atoms with van der Waals surface area (Å²) >= 11 is 0. The highest BCUT2D eigenvalue weighted by Crippen LogP contribution is 2.11. The standard InChI is InChI=1S/C14H21N3O4/c15-14(21)13(11-4-2-1-3-5-11)16-12(20)10-17(6-8-18)7-9-19/h1-5,13,18-19H,6-10H2,(H2,15,21)(H,16,20)/t13-/m0/s1. The van der Waals surface area contributed by atoms with Crippen LogP contribution in [0.15, 0.2) is 30.3 Å². The molecule has 0 aromatic heterocycles. The third kappa shape index (κ3) is 5.90. The van der Waals surface area contributed by atoms with Crippen molar-refractivity contribution in [2.24, 2.45) is 5.73 Å². The molecule has 7 heteroatoms. The van der Waals surface area contributed by atoms with Gasteiger partial charge < -0.3 is 21.3 Å². The average Bonchev–Trinajstić information content (AvgIpc) is 2.46. The van der Waals surface area contributed by atoms with E-state index in [0.29, 0.717) is 5.56 Å². The normalized spacial score (nSPS) is 12.1. The van der Waals surface area contributed by atoms with Crippen molar-refractivity contribution >= 4 is 11.8 Å². The molecule has 21 heavy (non-hydrogen) atoms. The van der Waals surface area contributed by atoms with Gasteiger partial charge >= 0.3 is 0 Å². The van der Waals surface area contributed by atoms with Crippen LogP contribution in [0, 0.1) is 0 Å². The molecule has 0 saturated carbocycles. The number of aliphatic hydroxyl groups is 2. The summed E-state index contributed by atoms with van der Waals surface area (Å²) in [5.74, 6) is -1.05. The molecule has 0 saturated heterocycles. The topological polar surface area (TPSA) is 116 Å². The zero-order valence-electron chi connectivity index (χ0n) is 11.7. The minimum Gasteiger partial charge on any atom is -0.395 e. The van der Waals surface area contributed by atoms with Crippen LogP contribution < -0.4 is 11.1 Å². The van der Waals surface area contributed by atoms with Crippen LogP contribution in [0.3, 0.4) is 0 Å². The van der Waals surface area contributed by atoms with E-state index in [4.69, 9.17) is 15.9 Å². The summed E-state index contributed by atoms with van der Waals surface area (Å²) in [5.41, 5.74) is 5.92. The second kappa shape index (κ2) is 9.06. The van der Waals surface area contributed by atoms with Crippen LogP contribution in [0.4, 0.5) is 0 Å². The number of hydrogen-bond donors (Lipinski definition) is 4. The van der Waals surface area contributed by atoms with Crippen molar-refractivity contribution in [1.82, 2.24) is 10.2 Å². The summed E-state index contributed by atoms with van der Waals surface area (Å²) < 4.78 is 0. The van der Waals surface area contributed by atoms with E-state index in [-0.39, 0.29) is 32.8 Å². The highest BCUT2D eigenvalue weighted by Gasteiger charge is 2.21. The molecule has 1 atom stereocenters. The van der Waals surface area contributed by atoms with Crippen molar-refractivity contribution in [2.75, 3.05) is 32.8 Å². The summed E-state index contributed by atoms with van der Waals surface area (Å²) in [6.45, 7) is 0.259. The van der Waals surface area contributed by atoms with E-state index in [0.717, 1.165) is 0 Å². The molecule has 0 spiro atoms. The Hall–Kier alpha value is -1.96. The van der Waals surface area contributed by atoms with Gasteiger partial charge in [0, 0.05) is 13.1 Å². The molecule has 0 heterocycles. The van der Waals surface area contributed by atoms with Gasteiger partial charge in [0.05, 0.1) is 19.8 Å². The molecule has 116 valence electrons. The number of rotatable bonds is 9. The van der Waals surface area contributed by atoms with Gasteiger partial charge in [0.15, 0.2) is 0 Å². The maximum atomic E-state index is 12.0. The second-order valence-corrected chi connectivity index (χ2v) is 4.54. The van der Waals surface area contributed by atoms with Crippen LogP contribution in [-0.2, 0) is 9.59 Å². The fraction of sp³-hybridized carbons (Fsp3) is 0.429. The van der Waals surface area contributed by atoms with Crippen molar-refractivity contribution in [3.63, 3.8) is 0 Å². The van der Waals surface area contributed by atoms with Gasteiger partial charge in [0.25, 0.3) is 0 Å². The van der Waals surface area contributed by atoms with E-state index in [1.54, 1.807) is 35.2 Å². The number of nitrogens with one attached hydrogen (secondary N) is 1. The molecular weight excluding hydrogens is 274 g/mol. The highest BCUT2D eigenvalue weighted by atomic mass is 16.3. The van der Waals surface area contributed by atoms with Gasteiger partial charge in [-0.3, -0.25) is 14.5 Å². The van der Waals surface area contributed by atoms with Gasteiger partial charge in [-0.25, -0.2) is 0 Å². The summed E-state index contributed by atoms with van der Waals surface area (Å²) in [7, 11) is 0. The monoisotopic (exact) mass is 295 g/mol. The van der Waals surface area contributed by atoms with E-state index in [1.165, 1.54) is 0 Å². The second-order valence-electron chi connectivity index (χ2n) is 4.54. The van der Waals surface area contributed by atoms with Crippen molar-refractivity contribution in [3.05, 3.63) is 35.9 Å².